The summed E-state index contributed by atoms with van der Waals surface area (Å²) in [6.45, 7) is 0. The van der Waals surface area contributed by atoms with E-state index in [0.717, 1.165) is 40.2 Å². The van der Waals surface area contributed by atoms with E-state index in [1.807, 2.05) is 18.2 Å². The largest absolute Gasteiger partial charge is 0.506 e. The van der Waals surface area contributed by atoms with Crippen LogP contribution in [0.5, 0.6) is 5.75 Å². The lowest BCUT2D eigenvalue weighted by Gasteiger charge is -2.30. The molecule has 0 saturated heterocycles. The minimum Gasteiger partial charge on any atom is -0.506 e. The highest BCUT2D eigenvalue weighted by Crippen LogP contribution is 2.41. The summed E-state index contributed by atoms with van der Waals surface area (Å²) in [5.41, 5.74) is 4.30. The molecule has 0 saturated carbocycles. The van der Waals surface area contributed by atoms with Gasteiger partial charge in [0.2, 0.25) is 0 Å². The van der Waals surface area contributed by atoms with Gasteiger partial charge >= 0.3 is 0 Å². The maximum atomic E-state index is 13.8. The Kier molecular flexibility index (Phi) is 5.65. The number of nitro benzene ring substituents is 1. The molecule has 4 aromatic rings. The smallest absolute Gasteiger partial charge is 0.271 e. The van der Waals surface area contributed by atoms with Crippen LogP contribution in [0, 0.1) is 15.9 Å². The average molecular weight is 578 g/mol. The molecular weight excluding hydrogens is 561 g/mol. The molecule has 3 aromatic carbocycles. The molecule has 1 N–H and O–H groups in total. The minimum atomic E-state index is -0.566. The molecule has 2 heterocycles. The highest BCUT2D eigenvalue weighted by molar-refractivity contribution is 9.10. The Bertz CT molecular complexity index is 1830. The summed E-state index contributed by atoms with van der Waals surface area (Å²) in [5, 5.41) is 21.9. The van der Waals surface area contributed by atoms with Crippen molar-refractivity contribution in [1.29, 1.82) is 0 Å². The molecule has 0 amide bonds. The van der Waals surface area contributed by atoms with Crippen LogP contribution in [-0.4, -0.2) is 14.6 Å². The van der Waals surface area contributed by atoms with Gasteiger partial charge in [-0.25, -0.2) is 9.38 Å². The monoisotopic (exact) mass is 577 g/mol. The van der Waals surface area contributed by atoms with Crippen LogP contribution in [0.1, 0.15) is 34.7 Å². The first kappa shape index (κ1) is 23.5. The number of aromatic nitrogens is 1. The molecule has 0 spiro atoms. The van der Waals surface area contributed by atoms with Crippen molar-refractivity contribution in [2.75, 3.05) is 0 Å². The van der Waals surface area contributed by atoms with Gasteiger partial charge in [0.25, 0.3) is 11.2 Å². The Morgan fingerprint density at radius 3 is 2.68 bits per heavy atom. The third-order valence-corrected chi connectivity index (χ3v) is 8.22. The quantitative estimate of drug-likeness (QED) is 0.278. The molecule has 7 nitrogen and oxygen atoms in total. The molecular formula is C27H17BrFN3O4S. The molecule has 1 aliphatic heterocycles. The van der Waals surface area contributed by atoms with Gasteiger partial charge in [0.05, 0.1) is 25.7 Å². The second-order valence-corrected chi connectivity index (χ2v) is 10.7. The number of benzene rings is 3. The van der Waals surface area contributed by atoms with Crippen molar-refractivity contribution in [2.24, 2.45) is 4.99 Å². The fraction of sp³-hybridized carbons (Fsp3) is 0.111. The van der Waals surface area contributed by atoms with Crippen LogP contribution in [0.15, 0.2) is 80.5 Å². The molecule has 10 heteroatoms. The number of phenolic OH excluding ortho intramolecular Hbond substituents is 1. The van der Waals surface area contributed by atoms with Crippen molar-refractivity contribution in [1.82, 2.24) is 4.57 Å². The predicted molar refractivity (Wildman–Crippen MR) is 142 cm³/mol. The molecule has 1 unspecified atom stereocenters. The number of aryl methyl sites for hydroxylation is 1. The number of nitro groups is 1. The van der Waals surface area contributed by atoms with Gasteiger partial charge < -0.3 is 5.11 Å². The Labute approximate surface area is 221 Å². The first-order valence-corrected chi connectivity index (χ1v) is 13.0. The van der Waals surface area contributed by atoms with E-state index in [-0.39, 0.29) is 37.4 Å². The third-order valence-electron chi connectivity index (χ3n) is 6.63. The molecule has 0 radical (unpaired) electrons. The van der Waals surface area contributed by atoms with E-state index < -0.39 is 11.0 Å². The minimum absolute atomic E-state index is 0.138. The predicted octanol–water partition coefficient (Wildman–Crippen LogP) is 4.83. The summed E-state index contributed by atoms with van der Waals surface area (Å²) in [6.07, 6.45) is 2.93. The summed E-state index contributed by atoms with van der Waals surface area (Å²) in [4.78, 5) is 29.9. The zero-order valence-corrected chi connectivity index (χ0v) is 21.4. The maximum absolute atomic E-state index is 13.8. The molecule has 1 atom stereocenters. The number of nitrogens with zero attached hydrogens (tertiary/aromatic N) is 3. The van der Waals surface area contributed by atoms with Gasteiger partial charge in [-0.1, -0.05) is 47.7 Å². The number of rotatable bonds is 3. The van der Waals surface area contributed by atoms with Crippen LogP contribution in [0.25, 0.3) is 11.8 Å². The van der Waals surface area contributed by atoms with Crippen LogP contribution in [0.2, 0.25) is 0 Å². The number of hydrogen-bond donors (Lipinski definition) is 1. The molecule has 37 heavy (non-hydrogen) atoms. The number of allylic oxidation sites excluding steroid dienone is 1. The van der Waals surface area contributed by atoms with Gasteiger partial charge in [-0.2, -0.15) is 0 Å². The van der Waals surface area contributed by atoms with E-state index in [4.69, 9.17) is 4.99 Å². The molecule has 0 fully saturated rings. The van der Waals surface area contributed by atoms with Gasteiger partial charge in [-0.05, 0) is 63.7 Å². The first-order valence-electron chi connectivity index (χ1n) is 11.4. The normalized spacial score (nSPS) is 16.6. The zero-order chi connectivity index (χ0) is 25.8. The Morgan fingerprint density at radius 1 is 1.16 bits per heavy atom. The van der Waals surface area contributed by atoms with Crippen LogP contribution >= 0.6 is 27.3 Å². The summed E-state index contributed by atoms with van der Waals surface area (Å²) in [6, 6.07) is 16.1. The standard InChI is InChI=1S/C27H17BrFN3O4S/c28-21-13-18(32(35)36)11-16(25(21)33)12-22-26(34)31-24(15-5-8-17(29)9-6-15)20-10-7-14-3-1-2-4-19(14)23(20)30-27(31)37-22/h1-6,8-9,11-13,24,33H,7,10H2/b22-12+. The van der Waals surface area contributed by atoms with Gasteiger partial charge in [0, 0.05) is 23.3 Å². The molecule has 1 aliphatic carbocycles. The number of halogens is 2. The molecule has 184 valence electrons. The Hall–Kier alpha value is -3.89. The van der Waals surface area contributed by atoms with Crippen LogP contribution in [0.3, 0.4) is 0 Å². The Balaban J connectivity index is 1.62. The van der Waals surface area contributed by atoms with Gasteiger partial charge in [-0.3, -0.25) is 19.5 Å². The highest BCUT2D eigenvalue weighted by atomic mass is 79.9. The topological polar surface area (TPSA) is 97.7 Å². The fourth-order valence-corrected chi connectivity index (χ4v) is 6.38. The number of fused-ring (bicyclic) bond motifs is 3. The van der Waals surface area contributed by atoms with E-state index >= 15 is 0 Å². The van der Waals surface area contributed by atoms with Crippen molar-refractivity contribution in [3.8, 4) is 5.75 Å². The molecule has 0 bridgehead atoms. The number of thiazole rings is 1. The summed E-state index contributed by atoms with van der Waals surface area (Å²) < 4.78 is 15.8. The van der Waals surface area contributed by atoms with Crippen LogP contribution < -0.4 is 14.9 Å². The van der Waals surface area contributed by atoms with E-state index in [2.05, 4.69) is 22.0 Å². The van der Waals surface area contributed by atoms with Crippen molar-refractivity contribution in [3.05, 3.63) is 129 Å². The van der Waals surface area contributed by atoms with Crippen LogP contribution in [0.4, 0.5) is 10.1 Å². The number of aromatic hydroxyl groups is 1. The maximum Gasteiger partial charge on any atom is 0.271 e. The molecule has 2 aliphatic rings. The zero-order valence-electron chi connectivity index (χ0n) is 19.0. The second kappa shape index (κ2) is 8.89. The lowest BCUT2D eigenvalue weighted by molar-refractivity contribution is -0.385. The van der Waals surface area contributed by atoms with Gasteiger partial charge in [0.1, 0.15) is 11.6 Å². The van der Waals surface area contributed by atoms with Crippen molar-refractivity contribution >= 4 is 44.7 Å². The van der Waals surface area contributed by atoms with E-state index in [0.29, 0.717) is 11.2 Å². The number of hydrogen-bond acceptors (Lipinski definition) is 6. The third kappa shape index (κ3) is 3.93. The summed E-state index contributed by atoms with van der Waals surface area (Å²) in [5.74, 6) is -0.578. The number of phenols is 1. The summed E-state index contributed by atoms with van der Waals surface area (Å²) in [7, 11) is 0. The van der Waals surface area contributed by atoms with Gasteiger partial charge in [-0.15, -0.1) is 0 Å². The lowest BCUT2D eigenvalue weighted by atomic mass is 9.83. The van der Waals surface area contributed by atoms with E-state index in [9.17, 15) is 24.4 Å². The van der Waals surface area contributed by atoms with E-state index in [1.54, 1.807) is 16.7 Å². The van der Waals surface area contributed by atoms with Crippen LogP contribution in [-0.2, 0) is 6.42 Å². The summed E-state index contributed by atoms with van der Waals surface area (Å²) >= 11 is 4.29. The molecule has 1 aromatic heterocycles. The molecule has 6 rings (SSSR count). The average Bonchev–Trinajstić information content (AvgIpc) is 3.20. The van der Waals surface area contributed by atoms with Crippen molar-refractivity contribution < 1.29 is 14.4 Å². The second-order valence-electron chi connectivity index (χ2n) is 8.79. The van der Waals surface area contributed by atoms with Crippen molar-refractivity contribution in [2.45, 2.75) is 18.9 Å². The lowest BCUT2D eigenvalue weighted by Crippen LogP contribution is -2.38. The number of non-ortho nitro benzene ring substituents is 1. The van der Waals surface area contributed by atoms with E-state index in [1.165, 1.54) is 35.9 Å². The first-order chi connectivity index (χ1) is 17.8. The SMILES string of the molecule is O=c1/c(=C\c2cc([N+](=O)[O-])cc(Br)c2O)sc2n1C(c1ccc(F)cc1)C1=C(N=2)c2ccccc2CC1. The van der Waals surface area contributed by atoms with Crippen molar-refractivity contribution in [3.63, 3.8) is 0 Å². The highest BCUT2D eigenvalue weighted by Gasteiger charge is 2.32. The Morgan fingerprint density at radius 2 is 1.92 bits per heavy atom. The fourth-order valence-electron chi connectivity index (χ4n) is 4.93. The van der Waals surface area contributed by atoms with Gasteiger partial charge in [0.15, 0.2) is 4.80 Å².